The molecule has 1 N–H and O–H groups in total. The summed E-state index contributed by atoms with van der Waals surface area (Å²) in [6.45, 7) is 3.58. The molecule has 15 heavy (non-hydrogen) atoms. The van der Waals surface area contributed by atoms with Crippen LogP contribution in [0.4, 0.5) is 0 Å². The lowest BCUT2D eigenvalue weighted by Crippen LogP contribution is -2.40. The quantitative estimate of drug-likeness (QED) is 0.813. The zero-order valence-electron chi connectivity index (χ0n) is 9.44. The lowest BCUT2D eigenvalue weighted by molar-refractivity contribution is -0.140. The van der Waals surface area contributed by atoms with E-state index in [1.165, 1.54) is 0 Å². The summed E-state index contributed by atoms with van der Waals surface area (Å²) in [5, 5.41) is 8.87. The third-order valence-corrected chi connectivity index (χ3v) is 2.56. The van der Waals surface area contributed by atoms with Gasteiger partial charge in [0.25, 0.3) is 0 Å². The van der Waals surface area contributed by atoms with Crippen LogP contribution in [0.15, 0.2) is 10.6 Å². The molecule has 1 unspecified atom stereocenters. The third-order valence-electron chi connectivity index (χ3n) is 2.56. The van der Waals surface area contributed by atoms with E-state index in [1.807, 2.05) is 14.1 Å². The number of hydrogen-bond donors (Lipinski definition) is 1. The van der Waals surface area contributed by atoms with E-state index in [0.29, 0.717) is 11.7 Å². The van der Waals surface area contributed by atoms with Gasteiger partial charge in [0, 0.05) is 0 Å². The number of hydrogen-bond acceptors (Lipinski definition) is 4. The van der Waals surface area contributed by atoms with E-state index < -0.39 is 11.5 Å². The number of carboxylic acid groups (broad SMARTS) is 1. The lowest BCUT2D eigenvalue weighted by atomic mass is 9.96. The second-order valence-corrected chi connectivity index (χ2v) is 4.01. The van der Waals surface area contributed by atoms with Crippen molar-refractivity contribution < 1.29 is 14.3 Å². The topological polar surface area (TPSA) is 66.6 Å². The molecule has 1 aromatic heterocycles. The van der Waals surface area contributed by atoms with Crippen molar-refractivity contribution >= 4 is 5.97 Å². The molecule has 0 fully saturated rings. The Morgan fingerprint density at radius 3 is 2.60 bits per heavy atom. The van der Waals surface area contributed by atoms with Gasteiger partial charge in [-0.1, -0.05) is 0 Å². The first kappa shape index (κ1) is 11.7. The van der Waals surface area contributed by atoms with Crippen molar-refractivity contribution in [2.45, 2.75) is 25.8 Å². The number of aliphatic carboxylic acids is 1. The molecule has 0 aromatic carbocycles. The van der Waals surface area contributed by atoms with Gasteiger partial charge >= 0.3 is 5.97 Å². The van der Waals surface area contributed by atoms with E-state index in [-0.39, 0.29) is 6.42 Å². The highest BCUT2D eigenvalue weighted by atomic mass is 16.4. The zero-order valence-corrected chi connectivity index (χ0v) is 9.44. The monoisotopic (exact) mass is 212 g/mol. The Bertz CT molecular complexity index is 359. The van der Waals surface area contributed by atoms with Crippen LogP contribution in [-0.4, -0.2) is 35.1 Å². The van der Waals surface area contributed by atoms with Crippen LogP contribution in [0.2, 0.25) is 0 Å². The van der Waals surface area contributed by atoms with E-state index in [0.717, 1.165) is 0 Å². The molecule has 1 atom stereocenters. The van der Waals surface area contributed by atoms with Gasteiger partial charge in [0.1, 0.15) is 11.3 Å². The van der Waals surface area contributed by atoms with E-state index in [9.17, 15) is 4.79 Å². The van der Waals surface area contributed by atoms with E-state index >= 15 is 0 Å². The van der Waals surface area contributed by atoms with Crippen LogP contribution in [0.25, 0.3) is 0 Å². The average molecular weight is 212 g/mol. The van der Waals surface area contributed by atoms with Gasteiger partial charge in [-0.2, -0.15) is 0 Å². The molecule has 1 aromatic rings. The summed E-state index contributed by atoms with van der Waals surface area (Å²) in [6, 6.07) is 0. The molecule has 0 aliphatic heterocycles. The van der Waals surface area contributed by atoms with E-state index in [1.54, 1.807) is 24.9 Å². The van der Waals surface area contributed by atoms with Gasteiger partial charge < -0.3 is 9.52 Å². The van der Waals surface area contributed by atoms with E-state index in [4.69, 9.17) is 9.52 Å². The molecule has 5 nitrogen and oxygen atoms in total. The van der Waals surface area contributed by atoms with Gasteiger partial charge in [-0.25, -0.2) is 4.98 Å². The molecule has 0 saturated heterocycles. The molecule has 84 valence electrons. The highest BCUT2D eigenvalue weighted by molar-refractivity contribution is 5.68. The Morgan fingerprint density at radius 1 is 1.67 bits per heavy atom. The summed E-state index contributed by atoms with van der Waals surface area (Å²) < 4.78 is 5.39. The Hall–Kier alpha value is -1.36. The highest BCUT2D eigenvalue weighted by Crippen LogP contribution is 2.29. The Balaban J connectivity index is 3.06. The summed E-state index contributed by atoms with van der Waals surface area (Å²) in [4.78, 5) is 16.7. The van der Waals surface area contributed by atoms with Crippen LogP contribution >= 0.6 is 0 Å². The molecule has 0 aliphatic carbocycles. The predicted molar refractivity (Wildman–Crippen MR) is 54.5 cm³/mol. The lowest BCUT2D eigenvalue weighted by Gasteiger charge is -2.31. The average Bonchev–Trinajstić information content (AvgIpc) is 2.50. The van der Waals surface area contributed by atoms with E-state index in [2.05, 4.69) is 4.98 Å². The molecule has 0 amide bonds. The van der Waals surface area contributed by atoms with Gasteiger partial charge in [-0.05, 0) is 27.9 Å². The maximum Gasteiger partial charge on any atom is 0.305 e. The summed E-state index contributed by atoms with van der Waals surface area (Å²) >= 11 is 0. The Morgan fingerprint density at radius 2 is 2.27 bits per heavy atom. The van der Waals surface area contributed by atoms with Crippen molar-refractivity contribution in [3.05, 3.63) is 17.8 Å². The van der Waals surface area contributed by atoms with Crippen LogP contribution in [0.3, 0.4) is 0 Å². The van der Waals surface area contributed by atoms with Crippen molar-refractivity contribution in [3.8, 4) is 0 Å². The molecule has 0 radical (unpaired) electrons. The maximum atomic E-state index is 10.8. The summed E-state index contributed by atoms with van der Waals surface area (Å²) in [5.41, 5.74) is -0.708. The minimum atomic E-state index is -0.873. The maximum absolute atomic E-state index is 10.8. The Labute approximate surface area is 88.7 Å². The summed E-state index contributed by atoms with van der Waals surface area (Å²) in [6.07, 6.45) is 1.55. The van der Waals surface area contributed by atoms with Crippen LogP contribution in [0.5, 0.6) is 0 Å². The highest BCUT2D eigenvalue weighted by Gasteiger charge is 2.36. The first-order chi connectivity index (χ1) is 6.86. The normalized spacial score (nSPS) is 15.3. The first-order valence-corrected chi connectivity index (χ1v) is 4.68. The summed E-state index contributed by atoms with van der Waals surface area (Å²) in [5.74, 6) is 0.248. The van der Waals surface area contributed by atoms with Gasteiger partial charge in [0.2, 0.25) is 5.89 Å². The number of aryl methyl sites for hydroxylation is 1. The SMILES string of the molecule is Cc1cnc(C(C)(CC(=O)O)N(C)C)o1. The van der Waals surface area contributed by atoms with Crippen LogP contribution in [-0.2, 0) is 10.3 Å². The number of oxazole rings is 1. The van der Waals surface area contributed by atoms with Crippen molar-refractivity contribution in [3.63, 3.8) is 0 Å². The molecule has 0 bridgehead atoms. The molecule has 0 saturated carbocycles. The van der Waals surface area contributed by atoms with Crippen molar-refractivity contribution in [1.82, 2.24) is 9.88 Å². The van der Waals surface area contributed by atoms with Crippen molar-refractivity contribution in [2.24, 2.45) is 0 Å². The van der Waals surface area contributed by atoms with Crippen molar-refractivity contribution in [1.29, 1.82) is 0 Å². The predicted octanol–water partition coefficient (Wildman–Crippen LogP) is 1.23. The third kappa shape index (κ3) is 2.36. The van der Waals surface area contributed by atoms with Crippen LogP contribution in [0, 0.1) is 6.92 Å². The van der Waals surface area contributed by atoms with Crippen molar-refractivity contribution in [2.75, 3.05) is 14.1 Å². The fourth-order valence-electron chi connectivity index (χ4n) is 1.32. The molecule has 0 aliphatic rings. The number of nitrogens with zero attached hydrogens (tertiary/aromatic N) is 2. The molecular formula is C10H16N2O3. The second-order valence-electron chi connectivity index (χ2n) is 4.01. The van der Waals surface area contributed by atoms with Gasteiger partial charge in [-0.15, -0.1) is 0 Å². The van der Waals surface area contributed by atoms with Crippen LogP contribution < -0.4 is 0 Å². The molecule has 1 rings (SSSR count). The number of carboxylic acids is 1. The molecular weight excluding hydrogens is 196 g/mol. The van der Waals surface area contributed by atoms with Gasteiger partial charge in [-0.3, -0.25) is 9.69 Å². The fourth-order valence-corrected chi connectivity index (χ4v) is 1.32. The first-order valence-electron chi connectivity index (χ1n) is 4.68. The zero-order chi connectivity index (χ0) is 11.6. The second kappa shape index (κ2) is 4.02. The standard InChI is InChI=1S/C10H16N2O3/c1-7-6-11-9(15-7)10(2,12(3)4)5-8(13)14/h6H,5H2,1-4H3,(H,13,14). The molecule has 0 spiro atoms. The largest absolute Gasteiger partial charge is 0.481 e. The fraction of sp³-hybridized carbons (Fsp3) is 0.600. The Kier molecular flexibility index (Phi) is 3.14. The molecule has 5 heteroatoms. The molecule has 1 heterocycles. The number of carbonyl (C=O) groups is 1. The summed E-state index contributed by atoms with van der Waals surface area (Å²) in [7, 11) is 3.62. The van der Waals surface area contributed by atoms with Gasteiger partial charge in [0.15, 0.2) is 0 Å². The minimum absolute atomic E-state index is 0.0417. The van der Waals surface area contributed by atoms with Crippen LogP contribution in [0.1, 0.15) is 25.0 Å². The minimum Gasteiger partial charge on any atom is -0.481 e. The smallest absolute Gasteiger partial charge is 0.305 e. The number of aromatic nitrogens is 1. The number of rotatable bonds is 4. The van der Waals surface area contributed by atoms with Gasteiger partial charge in [0.05, 0.1) is 12.6 Å².